The lowest BCUT2D eigenvalue weighted by molar-refractivity contribution is 0.614. The van der Waals surface area contributed by atoms with Crippen LogP contribution in [0.15, 0.2) is 42.5 Å². The summed E-state index contributed by atoms with van der Waals surface area (Å²) in [6.45, 7) is 9.10. The van der Waals surface area contributed by atoms with Gasteiger partial charge in [-0.25, -0.2) is 9.37 Å². The number of nitrogens with zero attached hydrogens (tertiary/aromatic N) is 3. The number of rotatable bonds is 3. The molecule has 29 heavy (non-hydrogen) atoms. The van der Waals surface area contributed by atoms with Crippen molar-refractivity contribution in [3.05, 3.63) is 76.2 Å². The van der Waals surface area contributed by atoms with Crippen molar-refractivity contribution < 1.29 is 4.39 Å². The van der Waals surface area contributed by atoms with Gasteiger partial charge in [-0.3, -0.25) is 0 Å². The zero-order valence-corrected chi connectivity index (χ0v) is 18.0. The van der Waals surface area contributed by atoms with Gasteiger partial charge in [0.15, 0.2) is 0 Å². The van der Waals surface area contributed by atoms with Crippen LogP contribution in [0.3, 0.4) is 0 Å². The van der Waals surface area contributed by atoms with Gasteiger partial charge in [0.05, 0.1) is 6.04 Å². The van der Waals surface area contributed by atoms with Gasteiger partial charge in [0.2, 0.25) is 5.95 Å². The molecule has 0 amide bonds. The van der Waals surface area contributed by atoms with E-state index in [0.29, 0.717) is 5.95 Å². The number of aryl methyl sites for hydroxylation is 2. The van der Waals surface area contributed by atoms with E-state index in [-0.39, 0.29) is 24.3 Å². The third-order valence-corrected chi connectivity index (χ3v) is 5.67. The van der Waals surface area contributed by atoms with Crippen molar-refractivity contribution in [3.63, 3.8) is 0 Å². The molecule has 1 N–H and O–H groups in total. The standard InChI is InChI=1S/C23H25FN4.ClH/c1-14-13-19(24)9-10-21(14)26-23-25-16(3)15(2)22(27-23)28-12-11-18-7-5-6-8-20(18)17(28)4;/h5-10,13,17H,11-12H2,1-4H3,(H,25,26,27);1H. The average molecular weight is 413 g/mol. The van der Waals surface area contributed by atoms with Crippen LogP contribution in [0.25, 0.3) is 0 Å². The highest BCUT2D eigenvalue weighted by Gasteiger charge is 2.26. The van der Waals surface area contributed by atoms with E-state index in [0.717, 1.165) is 41.3 Å². The Morgan fingerprint density at radius 1 is 1.07 bits per heavy atom. The fourth-order valence-corrected chi connectivity index (χ4v) is 3.90. The first kappa shape index (κ1) is 21.1. The fourth-order valence-electron chi connectivity index (χ4n) is 3.90. The molecular weight excluding hydrogens is 387 g/mol. The molecule has 4 nitrogen and oxygen atoms in total. The first-order chi connectivity index (χ1) is 13.4. The number of hydrogen-bond donors (Lipinski definition) is 1. The minimum absolute atomic E-state index is 0. The molecule has 1 aromatic heterocycles. The number of benzene rings is 2. The molecule has 0 radical (unpaired) electrons. The summed E-state index contributed by atoms with van der Waals surface area (Å²) < 4.78 is 13.4. The van der Waals surface area contributed by atoms with Gasteiger partial charge < -0.3 is 10.2 Å². The van der Waals surface area contributed by atoms with E-state index in [1.165, 1.54) is 23.3 Å². The van der Waals surface area contributed by atoms with Gasteiger partial charge in [0.1, 0.15) is 11.6 Å². The second-order valence-electron chi connectivity index (χ2n) is 7.48. The molecule has 1 unspecified atom stereocenters. The van der Waals surface area contributed by atoms with E-state index in [9.17, 15) is 4.39 Å². The first-order valence-corrected chi connectivity index (χ1v) is 9.67. The first-order valence-electron chi connectivity index (χ1n) is 9.67. The van der Waals surface area contributed by atoms with Gasteiger partial charge in [-0.1, -0.05) is 24.3 Å². The maximum absolute atomic E-state index is 13.4. The Labute approximate surface area is 177 Å². The molecule has 4 rings (SSSR count). The van der Waals surface area contributed by atoms with Crippen molar-refractivity contribution in [3.8, 4) is 0 Å². The molecule has 3 aromatic rings. The summed E-state index contributed by atoms with van der Waals surface area (Å²) in [5.41, 5.74) is 6.44. The summed E-state index contributed by atoms with van der Waals surface area (Å²) in [6.07, 6.45) is 1.00. The maximum Gasteiger partial charge on any atom is 0.229 e. The minimum Gasteiger partial charge on any atom is -0.349 e. The largest absolute Gasteiger partial charge is 0.349 e. The van der Waals surface area contributed by atoms with Gasteiger partial charge in [0, 0.05) is 23.5 Å². The highest BCUT2D eigenvalue weighted by Crippen LogP contribution is 2.35. The van der Waals surface area contributed by atoms with Gasteiger partial charge in [-0.15, -0.1) is 12.4 Å². The Balaban J connectivity index is 0.00000240. The number of halogens is 2. The van der Waals surface area contributed by atoms with Gasteiger partial charge in [-0.05, 0) is 69.0 Å². The molecule has 6 heteroatoms. The number of fused-ring (bicyclic) bond motifs is 1. The minimum atomic E-state index is -0.245. The predicted octanol–water partition coefficient (Wildman–Crippen LogP) is 5.83. The van der Waals surface area contributed by atoms with E-state index >= 15 is 0 Å². The van der Waals surface area contributed by atoms with Crippen molar-refractivity contribution >= 4 is 29.9 Å². The third-order valence-electron chi connectivity index (χ3n) is 5.67. The Morgan fingerprint density at radius 2 is 1.83 bits per heavy atom. The van der Waals surface area contributed by atoms with Crippen molar-refractivity contribution in [1.29, 1.82) is 0 Å². The molecule has 1 aliphatic rings. The second-order valence-corrected chi connectivity index (χ2v) is 7.48. The van der Waals surface area contributed by atoms with E-state index in [2.05, 4.69) is 53.3 Å². The van der Waals surface area contributed by atoms with Crippen LogP contribution < -0.4 is 10.2 Å². The summed E-state index contributed by atoms with van der Waals surface area (Å²) in [4.78, 5) is 11.8. The van der Waals surface area contributed by atoms with Crippen LogP contribution in [0.2, 0.25) is 0 Å². The van der Waals surface area contributed by atoms with Gasteiger partial charge >= 0.3 is 0 Å². The Kier molecular flexibility index (Phi) is 6.08. The smallest absolute Gasteiger partial charge is 0.229 e. The topological polar surface area (TPSA) is 41.1 Å². The monoisotopic (exact) mass is 412 g/mol. The van der Waals surface area contributed by atoms with Crippen LogP contribution in [0.1, 0.15) is 40.9 Å². The van der Waals surface area contributed by atoms with E-state index in [1.54, 1.807) is 6.07 Å². The molecule has 2 heterocycles. The summed E-state index contributed by atoms with van der Waals surface area (Å²) >= 11 is 0. The van der Waals surface area contributed by atoms with Crippen LogP contribution in [-0.2, 0) is 6.42 Å². The van der Waals surface area contributed by atoms with Crippen LogP contribution in [0.4, 0.5) is 21.8 Å². The lowest BCUT2D eigenvalue weighted by Crippen LogP contribution is -2.35. The summed E-state index contributed by atoms with van der Waals surface area (Å²) in [7, 11) is 0. The maximum atomic E-state index is 13.4. The predicted molar refractivity (Wildman–Crippen MR) is 119 cm³/mol. The zero-order valence-electron chi connectivity index (χ0n) is 17.2. The van der Waals surface area contributed by atoms with Crippen molar-refractivity contribution in [2.45, 2.75) is 40.2 Å². The van der Waals surface area contributed by atoms with E-state index < -0.39 is 0 Å². The van der Waals surface area contributed by atoms with Crippen LogP contribution in [-0.4, -0.2) is 16.5 Å². The number of nitrogens with one attached hydrogen (secondary N) is 1. The fraction of sp³-hybridized carbons (Fsp3) is 0.304. The number of anilines is 3. The van der Waals surface area contributed by atoms with Crippen molar-refractivity contribution in [1.82, 2.24) is 9.97 Å². The Bertz CT molecular complexity index is 1040. The van der Waals surface area contributed by atoms with E-state index in [4.69, 9.17) is 4.98 Å². The van der Waals surface area contributed by atoms with Gasteiger partial charge in [0.25, 0.3) is 0 Å². The molecule has 0 aliphatic carbocycles. The molecular formula is C23H26ClFN4. The molecule has 0 spiro atoms. The molecule has 2 aromatic carbocycles. The quantitative estimate of drug-likeness (QED) is 0.587. The van der Waals surface area contributed by atoms with E-state index in [1.807, 2.05) is 13.8 Å². The molecule has 0 saturated heterocycles. The van der Waals surface area contributed by atoms with Crippen molar-refractivity contribution in [2.24, 2.45) is 0 Å². The molecule has 0 bridgehead atoms. The third kappa shape index (κ3) is 4.06. The van der Waals surface area contributed by atoms with Crippen molar-refractivity contribution in [2.75, 3.05) is 16.8 Å². The summed E-state index contributed by atoms with van der Waals surface area (Å²) in [5, 5.41) is 3.27. The summed E-state index contributed by atoms with van der Waals surface area (Å²) in [5.74, 6) is 1.25. The normalized spacial score (nSPS) is 15.5. The van der Waals surface area contributed by atoms with Crippen LogP contribution in [0, 0.1) is 26.6 Å². The SMILES string of the molecule is Cc1cc(F)ccc1Nc1nc(C)c(C)c(N2CCc3ccccc3C2C)n1.Cl. The molecule has 1 aliphatic heterocycles. The van der Waals surface area contributed by atoms with Gasteiger partial charge in [-0.2, -0.15) is 4.98 Å². The molecule has 0 fully saturated rings. The Morgan fingerprint density at radius 3 is 2.59 bits per heavy atom. The molecule has 1 atom stereocenters. The average Bonchev–Trinajstić information content (AvgIpc) is 2.67. The molecule has 0 saturated carbocycles. The molecule has 152 valence electrons. The highest BCUT2D eigenvalue weighted by atomic mass is 35.5. The number of hydrogen-bond acceptors (Lipinski definition) is 4. The summed E-state index contributed by atoms with van der Waals surface area (Å²) in [6, 6.07) is 13.5. The zero-order chi connectivity index (χ0) is 19.8. The Hall–Kier alpha value is -2.66. The lowest BCUT2D eigenvalue weighted by Gasteiger charge is -2.37. The second kappa shape index (κ2) is 8.37. The lowest BCUT2D eigenvalue weighted by atomic mass is 9.93. The van der Waals surface area contributed by atoms with Crippen LogP contribution >= 0.6 is 12.4 Å². The highest BCUT2D eigenvalue weighted by molar-refractivity contribution is 5.85. The van der Waals surface area contributed by atoms with Crippen LogP contribution in [0.5, 0.6) is 0 Å². The number of aromatic nitrogens is 2.